The first kappa shape index (κ1) is 23.7. The molecule has 3 aromatic carbocycles. The number of nitrogens with one attached hydrogen (secondary N) is 1. The molecule has 3 N–H and O–H groups in total. The summed E-state index contributed by atoms with van der Waals surface area (Å²) < 4.78 is 33.1. The van der Waals surface area contributed by atoms with Crippen LogP contribution in [0.1, 0.15) is 11.1 Å². The average Bonchev–Trinajstić information content (AvgIpc) is 2.81. The fraction of sp³-hybridized carbons (Fsp3) is 0.0833. The van der Waals surface area contributed by atoms with Crippen molar-refractivity contribution in [3.8, 4) is 5.75 Å². The summed E-state index contributed by atoms with van der Waals surface area (Å²) in [5, 5.41) is 7.58. The molecule has 0 aliphatic rings. The van der Waals surface area contributed by atoms with Gasteiger partial charge >= 0.3 is 5.97 Å². The number of benzene rings is 3. The van der Waals surface area contributed by atoms with E-state index in [0.717, 1.165) is 5.56 Å². The summed E-state index contributed by atoms with van der Waals surface area (Å²) in [6.45, 7) is -0.530. The second-order valence-corrected chi connectivity index (χ2v) is 8.46. The summed E-state index contributed by atoms with van der Waals surface area (Å²) in [4.78, 5) is 25.0. The van der Waals surface area contributed by atoms with Gasteiger partial charge in [0.2, 0.25) is 10.0 Å². The van der Waals surface area contributed by atoms with Crippen LogP contribution in [0.2, 0.25) is 0 Å². The van der Waals surface area contributed by atoms with Crippen molar-refractivity contribution in [3.05, 3.63) is 90.0 Å². The van der Waals surface area contributed by atoms with Gasteiger partial charge in [-0.25, -0.2) is 18.4 Å². The molecule has 1 amide bonds. The van der Waals surface area contributed by atoms with Crippen molar-refractivity contribution in [2.75, 3.05) is 19.0 Å². The van der Waals surface area contributed by atoms with E-state index in [1.54, 1.807) is 55.7 Å². The zero-order valence-electron chi connectivity index (χ0n) is 17.7. The Bertz CT molecular complexity index is 1270. The highest BCUT2D eigenvalue weighted by atomic mass is 32.2. The lowest BCUT2D eigenvalue weighted by Gasteiger charge is -2.10. The first-order valence-electron chi connectivity index (χ1n) is 9.77. The number of rotatable bonds is 8. The average molecular weight is 467 g/mol. The van der Waals surface area contributed by atoms with Crippen molar-refractivity contribution < 1.29 is 27.5 Å². The molecule has 0 spiro atoms. The highest BCUT2D eigenvalue weighted by molar-refractivity contribution is 7.89. The normalized spacial score (nSPS) is 11.5. The third-order valence-electron chi connectivity index (χ3n) is 4.51. The molecule has 0 aliphatic carbocycles. The van der Waals surface area contributed by atoms with Crippen LogP contribution in [-0.4, -0.2) is 34.0 Å². The van der Waals surface area contributed by atoms with Crippen molar-refractivity contribution in [1.29, 1.82) is 0 Å². The number of carbonyl (C=O) groups excluding carboxylic acids is 2. The molecule has 0 bridgehead atoms. The van der Waals surface area contributed by atoms with Crippen LogP contribution in [0.3, 0.4) is 0 Å². The summed E-state index contributed by atoms with van der Waals surface area (Å²) in [5.74, 6) is -0.624. The van der Waals surface area contributed by atoms with Crippen LogP contribution in [0.25, 0.3) is 11.6 Å². The predicted octanol–water partition coefficient (Wildman–Crippen LogP) is 3.07. The maximum absolute atomic E-state index is 12.8. The third kappa shape index (κ3) is 6.76. The van der Waals surface area contributed by atoms with E-state index in [2.05, 4.69) is 5.32 Å². The number of anilines is 1. The number of nitrogens with two attached hydrogens (primary N) is 1. The molecule has 3 rings (SSSR count). The van der Waals surface area contributed by atoms with E-state index >= 15 is 0 Å². The Morgan fingerprint density at radius 1 is 0.970 bits per heavy atom. The topological polar surface area (TPSA) is 125 Å². The highest BCUT2D eigenvalue weighted by Gasteiger charge is 2.16. The van der Waals surface area contributed by atoms with Gasteiger partial charge in [0, 0.05) is 5.69 Å². The fourth-order valence-electron chi connectivity index (χ4n) is 2.91. The van der Waals surface area contributed by atoms with Gasteiger partial charge in [0.1, 0.15) is 5.75 Å². The lowest BCUT2D eigenvalue weighted by atomic mass is 10.0. The Morgan fingerprint density at radius 2 is 1.67 bits per heavy atom. The second kappa shape index (κ2) is 10.6. The van der Waals surface area contributed by atoms with Gasteiger partial charge in [0.15, 0.2) is 6.61 Å². The molecule has 33 heavy (non-hydrogen) atoms. The lowest BCUT2D eigenvalue weighted by Crippen LogP contribution is -2.21. The molecule has 0 saturated carbocycles. The van der Waals surface area contributed by atoms with Gasteiger partial charge in [-0.2, -0.15) is 0 Å². The summed E-state index contributed by atoms with van der Waals surface area (Å²) in [6, 6.07) is 21.4. The van der Waals surface area contributed by atoms with Crippen molar-refractivity contribution in [2.24, 2.45) is 5.14 Å². The number of sulfonamides is 1. The molecule has 0 unspecified atom stereocenters. The standard InChI is InChI=1S/C24H22N2O6S/c1-31-20-9-5-6-17(14-20)15-22(18-7-3-2-4-8-18)24(28)32-16-23(27)26-19-10-12-21(13-11-19)33(25,29)30/h2-15H,16H2,1H3,(H,26,27)(H2,25,29,30)/b22-15-. The van der Waals surface area contributed by atoms with Crippen LogP contribution in [0.5, 0.6) is 5.75 Å². The maximum Gasteiger partial charge on any atom is 0.339 e. The van der Waals surface area contributed by atoms with E-state index in [1.807, 2.05) is 12.1 Å². The molecule has 0 saturated heterocycles. The fourth-order valence-corrected chi connectivity index (χ4v) is 3.43. The van der Waals surface area contributed by atoms with Gasteiger partial charge in [-0.3, -0.25) is 4.79 Å². The Hall–Kier alpha value is -3.95. The van der Waals surface area contributed by atoms with E-state index in [0.29, 0.717) is 17.0 Å². The molecule has 170 valence electrons. The van der Waals surface area contributed by atoms with E-state index in [4.69, 9.17) is 14.6 Å². The Labute approximate surface area is 191 Å². The number of methoxy groups -OCH3 is 1. The van der Waals surface area contributed by atoms with Crippen LogP contribution in [-0.2, 0) is 24.3 Å². The first-order chi connectivity index (χ1) is 15.8. The van der Waals surface area contributed by atoms with E-state index in [-0.39, 0.29) is 10.5 Å². The van der Waals surface area contributed by atoms with Crippen LogP contribution >= 0.6 is 0 Å². The van der Waals surface area contributed by atoms with E-state index < -0.39 is 28.5 Å². The summed E-state index contributed by atoms with van der Waals surface area (Å²) in [7, 11) is -2.28. The summed E-state index contributed by atoms with van der Waals surface area (Å²) >= 11 is 0. The number of hydrogen-bond acceptors (Lipinski definition) is 6. The molecule has 9 heteroatoms. The molecular formula is C24H22N2O6S. The maximum atomic E-state index is 12.8. The number of hydrogen-bond donors (Lipinski definition) is 2. The van der Waals surface area contributed by atoms with Crippen LogP contribution in [0, 0.1) is 0 Å². The summed E-state index contributed by atoms with van der Waals surface area (Å²) in [6.07, 6.45) is 1.66. The number of ether oxygens (including phenoxy) is 2. The minimum absolute atomic E-state index is 0.0814. The van der Waals surface area contributed by atoms with E-state index in [1.165, 1.54) is 24.3 Å². The third-order valence-corrected chi connectivity index (χ3v) is 5.44. The Balaban J connectivity index is 1.72. The van der Waals surface area contributed by atoms with Crippen molar-refractivity contribution >= 4 is 39.2 Å². The van der Waals surface area contributed by atoms with Gasteiger partial charge < -0.3 is 14.8 Å². The molecule has 3 aromatic rings. The minimum atomic E-state index is -3.83. The van der Waals surface area contributed by atoms with Crippen LogP contribution in [0.4, 0.5) is 5.69 Å². The van der Waals surface area contributed by atoms with Crippen molar-refractivity contribution in [1.82, 2.24) is 0 Å². The summed E-state index contributed by atoms with van der Waals surface area (Å²) in [5.41, 5.74) is 1.96. The largest absolute Gasteiger partial charge is 0.497 e. The molecule has 0 fully saturated rings. The van der Waals surface area contributed by atoms with Gasteiger partial charge in [0.25, 0.3) is 5.91 Å². The zero-order valence-corrected chi connectivity index (χ0v) is 18.5. The monoisotopic (exact) mass is 466 g/mol. The number of esters is 1. The van der Waals surface area contributed by atoms with Gasteiger partial charge in [0.05, 0.1) is 17.6 Å². The van der Waals surface area contributed by atoms with Crippen molar-refractivity contribution in [2.45, 2.75) is 4.90 Å². The predicted molar refractivity (Wildman–Crippen MR) is 125 cm³/mol. The Morgan fingerprint density at radius 3 is 2.30 bits per heavy atom. The molecule has 0 aliphatic heterocycles. The first-order valence-corrected chi connectivity index (χ1v) is 11.3. The Kier molecular flexibility index (Phi) is 7.60. The van der Waals surface area contributed by atoms with Gasteiger partial charge in [-0.15, -0.1) is 0 Å². The minimum Gasteiger partial charge on any atom is -0.497 e. The molecule has 8 nitrogen and oxygen atoms in total. The number of carbonyl (C=O) groups is 2. The zero-order chi connectivity index (χ0) is 23.8. The quantitative estimate of drug-likeness (QED) is 0.299. The highest BCUT2D eigenvalue weighted by Crippen LogP contribution is 2.22. The SMILES string of the molecule is COc1cccc(/C=C(\C(=O)OCC(=O)Nc2ccc(S(N)(=O)=O)cc2)c2ccccc2)c1. The smallest absolute Gasteiger partial charge is 0.339 e. The molecule has 0 heterocycles. The molecule has 0 aromatic heterocycles. The second-order valence-electron chi connectivity index (χ2n) is 6.89. The van der Waals surface area contributed by atoms with E-state index in [9.17, 15) is 18.0 Å². The van der Waals surface area contributed by atoms with Crippen LogP contribution in [0.15, 0.2) is 83.8 Å². The number of primary sulfonamides is 1. The number of amides is 1. The van der Waals surface area contributed by atoms with Crippen molar-refractivity contribution in [3.63, 3.8) is 0 Å². The molecule has 0 radical (unpaired) electrons. The van der Waals surface area contributed by atoms with Gasteiger partial charge in [-0.1, -0.05) is 42.5 Å². The van der Waals surface area contributed by atoms with Gasteiger partial charge in [-0.05, 0) is 53.6 Å². The molecular weight excluding hydrogens is 444 g/mol. The van der Waals surface area contributed by atoms with Crippen LogP contribution < -0.4 is 15.2 Å². The lowest BCUT2D eigenvalue weighted by molar-refractivity contribution is -0.141. The molecule has 0 atom stereocenters.